The monoisotopic (exact) mass is 269 g/mol. The minimum Gasteiger partial charge on any atom is -0.384 e. The minimum atomic E-state index is 0.0478. The summed E-state index contributed by atoms with van der Waals surface area (Å²) in [4.78, 5) is 10.6. The molecule has 2 heterocycles. The van der Waals surface area contributed by atoms with Gasteiger partial charge in [0.05, 0.1) is 5.56 Å². The number of nitrogen functional groups attached to an aromatic ring is 1. The molecule has 0 saturated carbocycles. The first-order valence-corrected chi connectivity index (χ1v) is 6.41. The Morgan fingerprint density at radius 1 is 1.30 bits per heavy atom. The van der Waals surface area contributed by atoms with Gasteiger partial charge in [-0.2, -0.15) is 0 Å². The summed E-state index contributed by atoms with van der Waals surface area (Å²) in [7, 11) is 1.95. The molecule has 0 unspecified atom stereocenters. The molecule has 0 saturated heterocycles. The Bertz CT molecular complexity index is 622. The number of nitrogens with zero attached hydrogens (tertiary/aromatic N) is 3. The van der Waals surface area contributed by atoms with E-state index in [4.69, 9.17) is 11.1 Å². The van der Waals surface area contributed by atoms with Crippen molar-refractivity contribution in [3.05, 3.63) is 53.0 Å². The molecule has 0 bridgehead atoms. The van der Waals surface area contributed by atoms with Crippen LogP contribution >= 0.6 is 0 Å². The number of rotatable bonds is 4. The Kier molecular flexibility index (Phi) is 3.98. The third-order valence-electron chi connectivity index (χ3n) is 3.13. The fourth-order valence-corrected chi connectivity index (χ4v) is 2.26. The van der Waals surface area contributed by atoms with Crippen molar-refractivity contribution in [1.29, 1.82) is 5.41 Å². The highest BCUT2D eigenvalue weighted by atomic mass is 15.2. The Morgan fingerprint density at radius 2 is 1.95 bits per heavy atom. The highest BCUT2D eigenvalue weighted by molar-refractivity contribution is 6.01. The van der Waals surface area contributed by atoms with Crippen LogP contribution in [0.15, 0.2) is 30.6 Å². The van der Waals surface area contributed by atoms with Crippen LogP contribution in [0.4, 0.5) is 5.82 Å². The number of hydrogen-bond acceptors (Lipinski definition) is 4. The van der Waals surface area contributed by atoms with Gasteiger partial charge >= 0.3 is 0 Å². The predicted octanol–water partition coefficient (Wildman–Crippen LogP) is 2.01. The third-order valence-corrected chi connectivity index (χ3v) is 3.13. The van der Waals surface area contributed by atoms with Gasteiger partial charge in [-0.05, 0) is 43.2 Å². The maximum absolute atomic E-state index is 7.76. The van der Waals surface area contributed by atoms with Crippen molar-refractivity contribution in [3.8, 4) is 0 Å². The lowest BCUT2D eigenvalue weighted by Crippen LogP contribution is -2.24. The molecule has 0 aliphatic heterocycles. The summed E-state index contributed by atoms with van der Waals surface area (Å²) in [6.07, 6.45) is 3.54. The van der Waals surface area contributed by atoms with Crippen molar-refractivity contribution < 1.29 is 0 Å². The van der Waals surface area contributed by atoms with Gasteiger partial charge in [-0.1, -0.05) is 0 Å². The van der Waals surface area contributed by atoms with Crippen LogP contribution in [0.5, 0.6) is 0 Å². The molecule has 104 valence electrons. The van der Waals surface area contributed by atoms with Gasteiger partial charge in [-0.25, -0.2) is 4.98 Å². The summed E-state index contributed by atoms with van der Waals surface area (Å²) in [5.74, 6) is 0.790. The van der Waals surface area contributed by atoms with Crippen LogP contribution in [0.2, 0.25) is 0 Å². The van der Waals surface area contributed by atoms with Crippen molar-refractivity contribution in [3.63, 3.8) is 0 Å². The average Bonchev–Trinajstić information content (AvgIpc) is 2.38. The zero-order valence-electron chi connectivity index (χ0n) is 12.0. The van der Waals surface area contributed by atoms with Gasteiger partial charge in [0, 0.05) is 31.7 Å². The lowest BCUT2D eigenvalue weighted by atomic mass is 10.1. The molecule has 20 heavy (non-hydrogen) atoms. The van der Waals surface area contributed by atoms with Gasteiger partial charge in [0.15, 0.2) is 0 Å². The molecule has 0 atom stereocenters. The number of aromatic nitrogens is 2. The molecular formula is C15H19N5. The van der Waals surface area contributed by atoms with E-state index >= 15 is 0 Å². The van der Waals surface area contributed by atoms with Gasteiger partial charge in [0.2, 0.25) is 0 Å². The molecule has 2 rings (SSSR count). The van der Waals surface area contributed by atoms with E-state index in [1.807, 2.05) is 44.0 Å². The normalized spacial score (nSPS) is 10.3. The number of pyridine rings is 2. The second kappa shape index (κ2) is 5.69. The van der Waals surface area contributed by atoms with Gasteiger partial charge in [0.1, 0.15) is 11.7 Å². The van der Waals surface area contributed by atoms with Crippen LogP contribution in [0.3, 0.4) is 0 Å². The Labute approximate surface area is 119 Å². The molecule has 0 radical (unpaired) electrons. The lowest BCUT2D eigenvalue weighted by Gasteiger charge is -2.22. The molecule has 0 aliphatic rings. The number of aryl methyl sites for hydroxylation is 2. The molecule has 0 aliphatic carbocycles. The van der Waals surface area contributed by atoms with Crippen LogP contribution in [0.25, 0.3) is 0 Å². The second-order valence-electron chi connectivity index (χ2n) is 4.90. The Hall–Kier alpha value is -2.43. The minimum absolute atomic E-state index is 0.0478. The third kappa shape index (κ3) is 2.93. The number of anilines is 1. The van der Waals surface area contributed by atoms with E-state index in [2.05, 4.69) is 9.97 Å². The standard InChI is InChI=1S/C15H19N5/c1-10-8-11(2)19-15(13(10)14(16)17)20(3)9-12-4-6-18-7-5-12/h4-8H,9H2,1-3H3,(H3,16,17). The summed E-state index contributed by atoms with van der Waals surface area (Å²) < 4.78 is 0. The van der Waals surface area contributed by atoms with Gasteiger partial charge in [-0.15, -0.1) is 0 Å². The fraction of sp³-hybridized carbons (Fsp3) is 0.267. The van der Waals surface area contributed by atoms with Crippen molar-refractivity contribution >= 4 is 11.7 Å². The van der Waals surface area contributed by atoms with Gasteiger partial charge < -0.3 is 10.6 Å². The zero-order valence-corrected chi connectivity index (χ0v) is 12.0. The average molecular weight is 269 g/mol. The molecule has 3 N–H and O–H groups in total. The molecular weight excluding hydrogens is 250 g/mol. The summed E-state index contributed by atoms with van der Waals surface area (Å²) in [6, 6.07) is 5.87. The highest BCUT2D eigenvalue weighted by Crippen LogP contribution is 2.22. The van der Waals surface area contributed by atoms with Gasteiger partial charge in [-0.3, -0.25) is 10.4 Å². The maximum atomic E-state index is 7.76. The summed E-state index contributed by atoms with van der Waals surface area (Å²) in [6.45, 7) is 4.59. The topological polar surface area (TPSA) is 78.9 Å². The van der Waals surface area contributed by atoms with E-state index in [0.29, 0.717) is 12.1 Å². The van der Waals surface area contributed by atoms with Crippen molar-refractivity contribution in [2.45, 2.75) is 20.4 Å². The van der Waals surface area contributed by atoms with Crippen LogP contribution in [-0.2, 0) is 6.54 Å². The molecule has 0 fully saturated rings. The van der Waals surface area contributed by atoms with Gasteiger partial charge in [0.25, 0.3) is 0 Å². The van der Waals surface area contributed by atoms with Crippen molar-refractivity contribution in [1.82, 2.24) is 9.97 Å². The van der Waals surface area contributed by atoms with Crippen LogP contribution in [-0.4, -0.2) is 22.9 Å². The van der Waals surface area contributed by atoms with Crippen LogP contribution in [0, 0.1) is 19.3 Å². The predicted molar refractivity (Wildman–Crippen MR) is 81.1 cm³/mol. The Morgan fingerprint density at radius 3 is 2.55 bits per heavy atom. The first kappa shape index (κ1) is 14.0. The van der Waals surface area contributed by atoms with E-state index in [1.54, 1.807) is 12.4 Å². The fourth-order valence-electron chi connectivity index (χ4n) is 2.26. The highest BCUT2D eigenvalue weighted by Gasteiger charge is 2.15. The maximum Gasteiger partial charge on any atom is 0.140 e. The van der Waals surface area contributed by atoms with E-state index in [9.17, 15) is 0 Å². The molecule has 5 nitrogen and oxygen atoms in total. The largest absolute Gasteiger partial charge is 0.384 e. The van der Waals surface area contributed by atoms with E-state index in [-0.39, 0.29) is 5.84 Å². The van der Waals surface area contributed by atoms with Crippen molar-refractivity contribution in [2.24, 2.45) is 5.73 Å². The molecule has 0 amide bonds. The first-order chi connectivity index (χ1) is 9.49. The van der Waals surface area contributed by atoms with E-state index < -0.39 is 0 Å². The molecule has 2 aromatic heterocycles. The second-order valence-corrected chi connectivity index (χ2v) is 4.90. The SMILES string of the molecule is Cc1cc(C)c(C(=N)N)c(N(C)Cc2ccncc2)n1. The molecule has 5 heteroatoms. The zero-order chi connectivity index (χ0) is 14.7. The first-order valence-electron chi connectivity index (χ1n) is 6.41. The van der Waals surface area contributed by atoms with E-state index in [1.165, 1.54) is 0 Å². The summed E-state index contributed by atoms with van der Waals surface area (Å²) in [5.41, 5.74) is 9.44. The molecule has 2 aromatic rings. The Balaban J connectivity index is 2.38. The summed E-state index contributed by atoms with van der Waals surface area (Å²) in [5, 5.41) is 7.76. The number of nitrogens with two attached hydrogens (primary N) is 1. The van der Waals surface area contributed by atoms with Crippen LogP contribution < -0.4 is 10.6 Å². The molecule has 0 spiro atoms. The lowest BCUT2D eigenvalue weighted by molar-refractivity contribution is 0.885. The van der Waals surface area contributed by atoms with Crippen molar-refractivity contribution in [2.75, 3.05) is 11.9 Å². The number of hydrogen-bond donors (Lipinski definition) is 2. The summed E-state index contributed by atoms with van der Waals surface area (Å²) >= 11 is 0. The smallest absolute Gasteiger partial charge is 0.140 e. The number of nitrogens with one attached hydrogen (secondary N) is 1. The number of amidine groups is 1. The van der Waals surface area contributed by atoms with E-state index in [0.717, 1.165) is 22.6 Å². The quantitative estimate of drug-likeness (QED) is 0.657. The molecule has 0 aromatic carbocycles. The van der Waals surface area contributed by atoms with Crippen LogP contribution in [0.1, 0.15) is 22.4 Å².